The highest BCUT2D eigenvalue weighted by Crippen LogP contribution is 2.35. The first-order chi connectivity index (χ1) is 12.4. The largest absolute Gasteiger partial charge is 0.475 e. The summed E-state index contributed by atoms with van der Waals surface area (Å²) in [5.74, 6) is 0.0870. The van der Waals surface area contributed by atoms with Crippen molar-refractivity contribution in [1.82, 2.24) is 0 Å². The Morgan fingerprint density at radius 1 is 1.12 bits per heavy atom. The van der Waals surface area contributed by atoms with Gasteiger partial charge in [0.05, 0.1) is 11.6 Å². The van der Waals surface area contributed by atoms with Crippen LogP contribution < -0.4 is 0 Å². The Balaban J connectivity index is 1.30. The molecule has 5 nitrogen and oxygen atoms in total. The second kappa shape index (κ2) is 6.80. The summed E-state index contributed by atoms with van der Waals surface area (Å²) >= 11 is 0. The van der Waals surface area contributed by atoms with E-state index in [1.165, 1.54) is 5.56 Å². The average Bonchev–Trinajstić information content (AvgIpc) is 2.99. The van der Waals surface area contributed by atoms with E-state index in [9.17, 15) is 5.11 Å². The highest BCUT2D eigenvalue weighted by molar-refractivity contribution is 5.95. The van der Waals surface area contributed by atoms with Crippen LogP contribution >= 0.6 is 0 Å². The normalized spacial score (nSPS) is 32.7. The minimum Gasteiger partial charge on any atom is -0.475 e. The molecule has 1 fully saturated rings. The lowest BCUT2D eigenvalue weighted by Crippen LogP contribution is -2.36. The van der Waals surface area contributed by atoms with Crippen molar-refractivity contribution in [3.05, 3.63) is 47.5 Å². The number of rotatable bonds is 5. The van der Waals surface area contributed by atoms with Gasteiger partial charge in [-0.1, -0.05) is 18.2 Å². The lowest BCUT2D eigenvalue weighted by atomic mass is 9.82. The zero-order chi connectivity index (χ0) is 18.2. The lowest BCUT2D eigenvalue weighted by Gasteiger charge is -2.32. The Morgan fingerprint density at radius 2 is 1.81 bits per heavy atom. The van der Waals surface area contributed by atoms with Gasteiger partial charge in [0, 0.05) is 12.0 Å². The first-order valence-electron chi connectivity index (χ1n) is 9.50. The van der Waals surface area contributed by atoms with E-state index in [0.29, 0.717) is 18.9 Å². The van der Waals surface area contributed by atoms with Crippen molar-refractivity contribution in [3.8, 4) is 0 Å². The Morgan fingerprint density at radius 3 is 2.35 bits per heavy atom. The molecule has 0 bridgehead atoms. The zero-order valence-electron chi connectivity index (χ0n) is 15.5. The molecule has 1 atom stereocenters. The van der Waals surface area contributed by atoms with Crippen molar-refractivity contribution in [1.29, 1.82) is 0 Å². The van der Waals surface area contributed by atoms with Crippen LogP contribution in [0.1, 0.15) is 63.0 Å². The molecule has 1 heterocycles. The molecule has 1 aromatic carbocycles. The van der Waals surface area contributed by atoms with Crippen LogP contribution in [-0.4, -0.2) is 35.0 Å². The summed E-state index contributed by atoms with van der Waals surface area (Å²) in [6, 6.07) is 8.60. The Bertz CT molecular complexity index is 701. The molecule has 5 heteroatoms. The number of aliphatic imine (C=N–C) groups is 1. The Labute approximate surface area is 154 Å². The third kappa shape index (κ3) is 3.85. The topological polar surface area (TPSA) is 60.3 Å². The van der Waals surface area contributed by atoms with Gasteiger partial charge < -0.3 is 9.84 Å². The summed E-state index contributed by atoms with van der Waals surface area (Å²) in [6.07, 6.45) is 8.06. The fourth-order valence-electron chi connectivity index (χ4n) is 3.66. The molecule has 0 aromatic heterocycles. The molecule has 1 unspecified atom stereocenters. The maximum atomic E-state index is 9.86. The van der Waals surface area contributed by atoms with Crippen LogP contribution in [-0.2, 0) is 14.5 Å². The van der Waals surface area contributed by atoms with Gasteiger partial charge in [0.25, 0.3) is 0 Å². The van der Waals surface area contributed by atoms with Gasteiger partial charge in [-0.15, -0.1) is 0 Å². The third-order valence-electron chi connectivity index (χ3n) is 5.39. The summed E-state index contributed by atoms with van der Waals surface area (Å²) in [4.78, 5) is 15.3. The second-order valence-electron chi connectivity index (χ2n) is 8.24. The summed E-state index contributed by atoms with van der Waals surface area (Å²) < 4.78 is 5.72. The molecule has 2 aliphatic carbocycles. The predicted octanol–water partition coefficient (Wildman–Crippen LogP) is 3.86. The van der Waals surface area contributed by atoms with Gasteiger partial charge in [-0.05, 0) is 69.2 Å². The first-order valence-corrected chi connectivity index (χ1v) is 9.50. The molecule has 4 rings (SSSR count). The van der Waals surface area contributed by atoms with Crippen LogP contribution in [0.2, 0.25) is 0 Å². The maximum Gasteiger partial charge on any atom is 0.221 e. The lowest BCUT2D eigenvalue weighted by molar-refractivity contribution is -0.427. The number of hydrogen-bond acceptors (Lipinski definition) is 5. The minimum atomic E-state index is -1.20. The summed E-state index contributed by atoms with van der Waals surface area (Å²) in [6.45, 7) is 4.80. The quantitative estimate of drug-likeness (QED) is 0.376. The van der Waals surface area contributed by atoms with Crippen LogP contribution in [0.4, 0.5) is 0 Å². The van der Waals surface area contributed by atoms with Crippen molar-refractivity contribution in [3.63, 3.8) is 0 Å². The zero-order valence-corrected chi connectivity index (χ0v) is 15.5. The van der Waals surface area contributed by atoms with E-state index in [1.54, 1.807) is 6.08 Å². The molecule has 1 N–H and O–H groups in total. The summed E-state index contributed by atoms with van der Waals surface area (Å²) in [5.41, 5.74) is 2.27. The number of hydrogen-bond donors (Lipinski definition) is 1. The molecular weight excluding hydrogens is 330 g/mol. The second-order valence-corrected chi connectivity index (χ2v) is 8.24. The van der Waals surface area contributed by atoms with Crippen LogP contribution in [0.25, 0.3) is 0 Å². The van der Waals surface area contributed by atoms with Gasteiger partial charge in [-0.2, -0.15) is 4.89 Å². The van der Waals surface area contributed by atoms with E-state index in [-0.39, 0.29) is 11.6 Å². The summed E-state index contributed by atoms with van der Waals surface area (Å²) in [7, 11) is 0. The average molecular weight is 357 g/mol. The third-order valence-corrected chi connectivity index (χ3v) is 5.39. The van der Waals surface area contributed by atoms with Crippen molar-refractivity contribution < 1.29 is 19.6 Å². The molecule has 1 aromatic rings. The fourth-order valence-corrected chi connectivity index (χ4v) is 3.66. The van der Waals surface area contributed by atoms with E-state index in [1.807, 2.05) is 6.08 Å². The maximum absolute atomic E-state index is 9.86. The molecule has 140 valence electrons. The SMILES string of the molecule is CC1(C)COC(c2ccc(C3CCC(OOC4(O)C=CC4)CC3)cc2)=N1. The smallest absolute Gasteiger partial charge is 0.221 e. The predicted molar refractivity (Wildman–Crippen MR) is 98.9 cm³/mol. The molecule has 0 saturated heterocycles. The van der Waals surface area contributed by atoms with Crippen molar-refractivity contribution in [2.24, 2.45) is 4.99 Å². The van der Waals surface area contributed by atoms with E-state index in [0.717, 1.165) is 37.1 Å². The van der Waals surface area contributed by atoms with Crippen LogP contribution in [0, 0.1) is 0 Å². The fraction of sp³-hybridized carbons (Fsp3) is 0.571. The number of ether oxygens (including phenoxy) is 1. The molecule has 3 aliphatic rings. The van der Waals surface area contributed by atoms with Gasteiger partial charge in [0.2, 0.25) is 11.7 Å². The van der Waals surface area contributed by atoms with Gasteiger partial charge in [0.15, 0.2) is 0 Å². The van der Waals surface area contributed by atoms with Gasteiger partial charge in [-0.3, -0.25) is 0 Å². The van der Waals surface area contributed by atoms with Gasteiger partial charge in [0.1, 0.15) is 6.61 Å². The minimum absolute atomic E-state index is 0.0621. The van der Waals surface area contributed by atoms with E-state index in [2.05, 4.69) is 43.1 Å². The van der Waals surface area contributed by atoms with E-state index >= 15 is 0 Å². The first kappa shape index (κ1) is 17.7. The molecular formula is C21H27NO4. The molecule has 1 saturated carbocycles. The number of benzene rings is 1. The summed E-state index contributed by atoms with van der Waals surface area (Å²) in [5, 5.41) is 9.86. The molecule has 0 spiro atoms. The van der Waals surface area contributed by atoms with Crippen molar-refractivity contribution in [2.75, 3.05) is 6.61 Å². The van der Waals surface area contributed by atoms with Crippen molar-refractivity contribution in [2.45, 2.75) is 69.3 Å². The van der Waals surface area contributed by atoms with Crippen LogP contribution in [0.3, 0.4) is 0 Å². The van der Waals surface area contributed by atoms with Gasteiger partial charge in [-0.25, -0.2) is 9.88 Å². The number of aliphatic hydroxyl groups is 1. The van der Waals surface area contributed by atoms with E-state index in [4.69, 9.17) is 14.5 Å². The molecule has 0 radical (unpaired) electrons. The van der Waals surface area contributed by atoms with E-state index < -0.39 is 5.79 Å². The highest BCUT2D eigenvalue weighted by Gasteiger charge is 2.33. The van der Waals surface area contributed by atoms with Crippen LogP contribution in [0.5, 0.6) is 0 Å². The molecule has 0 amide bonds. The Hall–Kier alpha value is -1.69. The monoisotopic (exact) mass is 357 g/mol. The molecule has 26 heavy (non-hydrogen) atoms. The highest BCUT2D eigenvalue weighted by atomic mass is 17.2. The van der Waals surface area contributed by atoms with Gasteiger partial charge >= 0.3 is 0 Å². The molecule has 1 aliphatic heterocycles. The number of nitrogens with zero attached hydrogens (tertiary/aromatic N) is 1. The van der Waals surface area contributed by atoms with Crippen LogP contribution in [0.15, 0.2) is 41.4 Å². The Kier molecular flexibility index (Phi) is 4.63. The standard InChI is InChI=1S/C21H27NO4/c1-20(2)14-24-19(22-20)17-6-4-15(5-7-17)16-8-10-18(11-9-16)25-26-21(23)12-3-13-21/h3-7,12,16,18,23H,8-11,13-14H2,1-2H3. The van der Waals surface area contributed by atoms with Crippen molar-refractivity contribution >= 4 is 5.90 Å².